The van der Waals surface area contributed by atoms with E-state index in [0.29, 0.717) is 11.8 Å². The zero-order valence-corrected chi connectivity index (χ0v) is 11.9. The van der Waals surface area contributed by atoms with Crippen molar-refractivity contribution in [2.24, 2.45) is 11.8 Å². The third-order valence-electron chi connectivity index (χ3n) is 2.98. The van der Waals surface area contributed by atoms with Crippen molar-refractivity contribution in [3.63, 3.8) is 0 Å². The molecule has 3 heteroatoms. The molecule has 1 aliphatic rings. The largest absolute Gasteiger partial charge is 1.00 e. The Morgan fingerprint density at radius 1 is 1.54 bits per heavy atom. The van der Waals surface area contributed by atoms with Gasteiger partial charge in [-0.25, -0.2) is 0 Å². The van der Waals surface area contributed by atoms with Crippen LogP contribution in [0.3, 0.4) is 0 Å². The predicted molar refractivity (Wildman–Crippen MR) is 53.6 cm³/mol. The monoisotopic (exact) mass is 214 g/mol. The van der Waals surface area contributed by atoms with Gasteiger partial charge in [0.15, 0.2) is 0 Å². The summed E-state index contributed by atoms with van der Waals surface area (Å²) >= 11 is 6.18. The van der Waals surface area contributed by atoms with Gasteiger partial charge in [-0.1, -0.05) is 13.8 Å². The van der Waals surface area contributed by atoms with Crippen molar-refractivity contribution < 1.29 is 36.1 Å². The summed E-state index contributed by atoms with van der Waals surface area (Å²) in [6.45, 7) is 6.36. The first-order chi connectivity index (χ1) is 5.42. The molecular weight excluding hydrogens is 195 g/mol. The maximum absolute atomic E-state index is 9.79. The Kier molecular flexibility index (Phi) is 5.88. The molecule has 0 radical (unpaired) electrons. The van der Waals surface area contributed by atoms with E-state index in [1.165, 1.54) is 0 Å². The Balaban J connectivity index is 0. The van der Waals surface area contributed by atoms with Crippen molar-refractivity contribution in [3.05, 3.63) is 0 Å². The molecule has 0 bridgehead atoms. The molecule has 0 unspecified atom stereocenters. The predicted octanol–water partition coefficient (Wildman–Crippen LogP) is -0.0826. The maximum Gasteiger partial charge on any atom is 1.00 e. The van der Waals surface area contributed by atoms with Crippen molar-refractivity contribution in [1.82, 2.24) is 0 Å². The molecule has 3 atom stereocenters. The van der Waals surface area contributed by atoms with E-state index in [4.69, 9.17) is 11.6 Å². The van der Waals surface area contributed by atoms with Crippen LogP contribution >= 0.6 is 11.6 Å². The van der Waals surface area contributed by atoms with E-state index in [-0.39, 0.29) is 42.0 Å². The fourth-order valence-electron chi connectivity index (χ4n) is 2.13. The van der Waals surface area contributed by atoms with Gasteiger partial charge in [-0.05, 0) is 38.0 Å². The van der Waals surface area contributed by atoms with Crippen molar-refractivity contribution in [3.8, 4) is 0 Å². The topological polar surface area (TPSA) is 20.2 Å². The molecule has 0 spiro atoms. The summed E-state index contributed by atoms with van der Waals surface area (Å²) in [4.78, 5) is -0.162. The van der Waals surface area contributed by atoms with Crippen LogP contribution in [0.25, 0.3) is 0 Å². The summed E-state index contributed by atoms with van der Waals surface area (Å²) in [6, 6.07) is 0. The van der Waals surface area contributed by atoms with Gasteiger partial charge < -0.3 is 6.53 Å². The zero-order chi connectivity index (χ0) is 9.35. The Bertz CT molecular complexity index is 164. The van der Waals surface area contributed by atoms with Crippen LogP contribution in [0.15, 0.2) is 0 Å². The number of halogens is 1. The second-order valence-corrected chi connectivity index (χ2v) is 5.54. The van der Waals surface area contributed by atoms with E-state index in [0.717, 1.165) is 19.3 Å². The van der Waals surface area contributed by atoms with Crippen LogP contribution in [-0.4, -0.2) is 16.1 Å². The van der Waals surface area contributed by atoms with Gasteiger partial charge in [-0.15, -0.1) is 11.6 Å². The summed E-state index contributed by atoms with van der Waals surface area (Å²) in [7, 11) is 0. The molecule has 13 heavy (non-hydrogen) atoms. The smallest absolute Gasteiger partial charge is 1.00 e. The van der Waals surface area contributed by atoms with Gasteiger partial charge in [0.25, 0.3) is 0 Å². The van der Waals surface area contributed by atoms with E-state index in [2.05, 4.69) is 13.8 Å². The first-order valence-corrected chi connectivity index (χ1v) is 5.17. The number of rotatable bonds is 1. The fourth-order valence-corrected chi connectivity index (χ4v) is 2.39. The Hall–Kier alpha value is 1.25. The molecule has 0 saturated heterocycles. The van der Waals surface area contributed by atoms with Crippen LogP contribution in [-0.2, 0) is 0 Å². The van der Waals surface area contributed by atoms with Crippen molar-refractivity contribution >= 4 is 11.6 Å². The van der Waals surface area contributed by atoms with Gasteiger partial charge in [-0.3, -0.25) is 0 Å². The average Bonchev–Trinajstić information content (AvgIpc) is 1.83. The number of hydrogen-bond donors (Lipinski definition) is 1. The van der Waals surface area contributed by atoms with E-state index < -0.39 is 0 Å². The van der Waals surface area contributed by atoms with Crippen LogP contribution in [0.1, 0.15) is 41.5 Å². The molecule has 0 heterocycles. The third-order valence-corrected chi connectivity index (χ3v) is 3.33. The molecule has 0 aromatic carbocycles. The summed E-state index contributed by atoms with van der Waals surface area (Å²) in [5, 5.41) is 9.79. The van der Waals surface area contributed by atoms with Crippen LogP contribution < -0.4 is 29.6 Å². The first-order valence-electron chi connectivity index (χ1n) is 4.79. The summed E-state index contributed by atoms with van der Waals surface area (Å²) < 4.78 is 0. The first kappa shape index (κ1) is 14.2. The van der Waals surface area contributed by atoms with Crippen molar-refractivity contribution in [2.75, 3.05) is 0 Å². The van der Waals surface area contributed by atoms with Gasteiger partial charge >= 0.3 is 29.6 Å². The molecule has 74 valence electrons. The minimum absolute atomic E-state index is 0. The second kappa shape index (κ2) is 5.37. The van der Waals surface area contributed by atoms with Crippen molar-refractivity contribution in [1.29, 1.82) is 0 Å². The quantitative estimate of drug-likeness (QED) is 0.478. The number of alkyl halides is 1. The molecule has 1 fully saturated rings. The molecule has 0 amide bonds. The molecule has 0 aromatic heterocycles. The van der Waals surface area contributed by atoms with E-state index in [1.54, 1.807) is 0 Å². The molecule has 1 rings (SSSR count). The number of aliphatic hydroxyl groups excluding tert-OH is 1. The molecular formula is C10H20ClNaO. The zero-order valence-electron chi connectivity index (χ0n) is 10.2. The van der Waals surface area contributed by atoms with Gasteiger partial charge in [0.1, 0.15) is 0 Å². The number of aliphatic hydroxyl groups is 1. The molecule has 1 aliphatic carbocycles. The van der Waals surface area contributed by atoms with Crippen LogP contribution in [0, 0.1) is 11.8 Å². The van der Waals surface area contributed by atoms with Crippen LogP contribution in [0.5, 0.6) is 0 Å². The minimum atomic E-state index is -0.193. The van der Waals surface area contributed by atoms with E-state index in [9.17, 15) is 5.11 Å². The van der Waals surface area contributed by atoms with E-state index >= 15 is 0 Å². The van der Waals surface area contributed by atoms with Gasteiger partial charge in [0, 0.05) is 4.87 Å². The minimum Gasteiger partial charge on any atom is -1.00 e. The normalized spacial score (nSPS) is 40.2. The van der Waals surface area contributed by atoms with Gasteiger partial charge in [0.2, 0.25) is 0 Å². The maximum atomic E-state index is 9.79. The Morgan fingerprint density at radius 2 is 2.08 bits per heavy atom. The number of hydrogen-bond acceptors (Lipinski definition) is 1. The SMILES string of the molecule is CC(C)[C@@H]1CC[C@@](C)(Cl)C[C@H]1O.[H-].[Na+]. The third kappa shape index (κ3) is 4.09. The van der Waals surface area contributed by atoms with Gasteiger partial charge in [-0.2, -0.15) is 0 Å². The van der Waals surface area contributed by atoms with Crippen molar-refractivity contribution in [2.45, 2.75) is 51.0 Å². The van der Waals surface area contributed by atoms with Crippen LogP contribution in [0.2, 0.25) is 0 Å². The summed E-state index contributed by atoms with van der Waals surface area (Å²) in [5.74, 6) is 1.03. The fraction of sp³-hybridized carbons (Fsp3) is 1.00. The van der Waals surface area contributed by atoms with Gasteiger partial charge in [0.05, 0.1) is 6.10 Å². The standard InChI is InChI=1S/C10H19ClO.Na.H/c1-7(2)8-4-5-10(3,11)6-9(8)12;;/h7-9,12H,4-6H2,1-3H3;;/q;+1;-1/t8-,9+,10+;;/m0../s1. The average molecular weight is 215 g/mol. The molecule has 1 nitrogen and oxygen atoms in total. The molecule has 1 saturated carbocycles. The summed E-state index contributed by atoms with van der Waals surface area (Å²) in [6.07, 6.45) is 2.66. The van der Waals surface area contributed by atoms with Crippen LogP contribution in [0.4, 0.5) is 0 Å². The summed E-state index contributed by atoms with van der Waals surface area (Å²) in [5.41, 5.74) is 0. The van der Waals surface area contributed by atoms with E-state index in [1.807, 2.05) is 6.92 Å². The Morgan fingerprint density at radius 3 is 2.46 bits per heavy atom. The molecule has 0 aromatic rings. The Labute approximate surface area is 110 Å². The second-order valence-electron chi connectivity index (χ2n) is 4.63. The molecule has 0 aliphatic heterocycles. The molecule has 1 N–H and O–H groups in total.